The topological polar surface area (TPSA) is 48.5 Å². The number of hydrogen-bond acceptors (Lipinski definition) is 3. The van der Waals surface area contributed by atoms with Crippen LogP contribution in [0.3, 0.4) is 0 Å². The van der Waals surface area contributed by atoms with Crippen LogP contribution in [-0.2, 0) is 0 Å². The maximum absolute atomic E-state index is 5.29. The average molecular weight is 716 g/mol. The lowest BCUT2D eigenvalue weighted by Gasteiger charge is -2.12. The summed E-state index contributed by atoms with van der Waals surface area (Å²) in [5.74, 6) is 1.80. The van der Waals surface area contributed by atoms with Crippen LogP contribution in [0.1, 0.15) is 0 Å². The van der Waals surface area contributed by atoms with Crippen molar-refractivity contribution in [2.24, 2.45) is 0 Å². The van der Waals surface area contributed by atoms with Gasteiger partial charge in [0.15, 0.2) is 11.6 Å². The molecule has 0 saturated carbocycles. The SMILES string of the molecule is c1ccc(-c2cccc(-c3nc(-c4ccccc4)nc(-n4c5ccccc5c5cc6c7ccccc7n(-c7cccc(-c8ccccc8)c7)c6cc54)n3)c2)cc1. The molecule has 5 heteroatoms. The molecule has 11 aromatic rings. The molecule has 0 saturated heterocycles. The Kier molecular flexibility index (Phi) is 7.42. The van der Waals surface area contributed by atoms with Crippen LogP contribution in [0.15, 0.2) is 200 Å². The van der Waals surface area contributed by atoms with E-state index in [0.29, 0.717) is 17.6 Å². The van der Waals surface area contributed by atoms with Gasteiger partial charge in [-0.3, -0.25) is 4.57 Å². The van der Waals surface area contributed by atoms with E-state index in [2.05, 4.69) is 185 Å². The van der Waals surface area contributed by atoms with E-state index < -0.39 is 0 Å². The van der Waals surface area contributed by atoms with E-state index in [4.69, 9.17) is 15.0 Å². The van der Waals surface area contributed by atoms with Gasteiger partial charge in [-0.15, -0.1) is 0 Å². The van der Waals surface area contributed by atoms with Crippen LogP contribution in [0.5, 0.6) is 0 Å². The van der Waals surface area contributed by atoms with Crippen LogP contribution in [0.25, 0.3) is 100 Å². The maximum atomic E-state index is 5.29. The second kappa shape index (κ2) is 13.0. The molecule has 8 aromatic carbocycles. The van der Waals surface area contributed by atoms with Crippen molar-refractivity contribution >= 4 is 43.6 Å². The second-order valence-corrected chi connectivity index (χ2v) is 14.1. The molecule has 0 spiro atoms. The van der Waals surface area contributed by atoms with Gasteiger partial charge in [-0.25, -0.2) is 4.98 Å². The molecule has 0 aliphatic rings. The Morgan fingerprint density at radius 2 is 0.732 bits per heavy atom. The molecule has 0 atom stereocenters. The van der Waals surface area contributed by atoms with Gasteiger partial charge in [0.1, 0.15) is 0 Å². The highest BCUT2D eigenvalue weighted by Gasteiger charge is 2.21. The fourth-order valence-electron chi connectivity index (χ4n) is 8.16. The number of para-hydroxylation sites is 2. The lowest BCUT2D eigenvalue weighted by Crippen LogP contribution is -2.06. The Balaban J connectivity index is 1.19. The molecule has 0 aliphatic carbocycles. The number of nitrogens with zero attached hydrogens (tertiary/aromatic N) is 5. The molecule has 0 aliphatic heterocycles. The van der Waals surface area contributed by atoms with Gasteiger partial charge in [0.2, 0.25) is 5.95 Å². The van der Waals surface area contributed by atoms with E-state index in [0.717, 1.165) is 60.8 Å². The normalized spacial score (nSPS) is 11.6. The molecule has 3 heterocycles. The van der Waals surface area contributed by atoms with Gasteiger partial charge in [0, 0.05) is 38.4 Å². The molecule has 56 heavy (non-hydrogen) atoms. The molecule has 5 nitrogen and oxygen atoms in total. The summed E-state index contributed by atoms with van der Waals surface area (Å²) in [6.07, 6.45) is 0. The van der Waals surface area contributed by atoms with Crippen molar-refractivity contribution < 1.29 is 0 Å². The van der Waals surface area contributed by atoms with Gasteiger partial charge < -0.3 is 4.57 Å². The minimum absolute atomic E-state index is 0.568. The van der Waals surface area contributed by atoms with E-state index >= 15 is 0 Å². The van der Waals surface area contributed by atoms with Gasteiger partial charge in [-0.1, -0.05) is 158 Å². The zero-order valence-corrected chi connectivity index (χ0v) is 30.3. The van der Waals surface area contributed by atoms with Crippen molar-refractivity contribution in [3.63, 3.8) is 0 Å². The van der Waals surface area contributed by atoms with Gasteiger partial charge >= 0.3 is 0 Å². The van der Waals surface area contributed by atoms with Crippen molar-refractivity contribution in [1.82, 2.24) is 24.1 Å². The van der Waals surface area contributed by atoms with Crippen molar-refractivity contribution in [3.8, 4) is 56.7 Å². The van der Waals surface area contributed by atoms with Crippen molar-refractivity contribution in [3.05, 3.63) is 200 Å². The Morgan fingerprint density at radius 1 is 0.268 bits per heavy atom. The zero-order valence-electron chi connectivity index (χ0n) is 30.3. The first-order valence-electron chi connectivity index (χ1n) is 18.9. The maximum Gasteiger partial charge on any atom is 0.238 e. The monoisotopic (exact) mass is 715 g/mol. The second-order valence-electron chi connectivity index (χ2n) is 14.1. The molecule has 0 N–H and O–H groups in total. The van der Waals surface area contributed by atoms with Crippen LogP contribution >= 0.6 is 0 Å². The molecule has 0 fully saturated rings. The Morgan fingerprint density at radius 3 is 1.38 bits per heavy atom. The highest BCUT2D eigenvalue weighted by Crippen LogP contribution is 2.40. The molecule has 11 rings (SSSR count). The number of hydrogen-bond donors (Lipinski definition) is 0. The number of benzene rings is 8. The number of aromatic nitrogens is 5. The highest BCUT2D eigenvalue weighted by atomic mass is 15.2. The summed E-state index contributed by atoms with van der Waals surface area (Å²) in [7, 11) is 0. The molecular weight excluding hydrogens is 683 g/mol. The minimum Gasteiger partial charge on any atom is -0.309 e. The van der Waals surface area contributed by atoms with Gasteiger partial charge in [-0.2, -0.15) is 9.97 Å². The average Bonchev–Trinajstić information content (AvgIpc) is 3.78. The molecule has 262 valence electrons. The zero-order chi connectivity index (χ0) is 37.0. The van der Waals surface area contributed by atoms with Crippen molar-refractivity contribution in [2.75, 3.05) is 0 Å². The summed E-state index contributed by atoms with van der Waals surface area (Å²) in [4.78, 5) is 15.6. The smallest absolute Gasteiger partial charge is 0.238 e. The molecule has 0 unspecified atom stereocenters. The lowest BCUT2D eigenvalue weighted by atomic mass is 10.0. The minimum atomic E-state index is 0.568. The van der Waals surface area contributed by atoms with Gasteiger partial charge in [0.05, 0.1) is 22.1 Å². The van der Waals surface area contributed by atoms with Crippen LogP contribution in [0, 0.1) is 0 Å². The summed E-state index contributed by atoms with van der Waals surface area (Å²) >= 11 is 0. The Bertz CT molecular complexity index is 3240. The molecule has 0 bridgehead atoms. The third kappa shape index (κ3) is 5.29. The van der Waals surface area contributed by atoms with Crippen LogP contribution in [-0.4, -0.2) is 24.1 Å². The largest absolute Gasteiger partial charge is 0.309 e. The Hall–Kier alpha value is -7.63. The van der Waals surface area contributed by atoms with E-state index in [1.807, 2.05) is 24.3 Å². The van der Waals surface area contributed by atoms with Crippen molar-refractivity contribution in [1.29, 1.82) is 0 Å². The van der Waals surface area contributed by atoms with E-state index in [1.165, 1.54) is 21.9 Å². The third-order valence-corrected chi connectivity index (χ3v) is 10.8. The van der Waals surface area contributed by atoms with Crippen LogP contribution in [0.2, 0.25) is 0 Å². The predicted molar refractivity (Wildman–Crippen MR) is 230 cm³/mol. The number of fused-ring (bicyclic) bond motifs is 6. The Labute approximate surface area is 323 Å². The van der Waals surface area contributed by atoms with Gasteiger partial charge in [-0.05, 0) is 64.7 Å². The fourth-order valence-corrected chi connectivity index (χ4v) is 8.16. The molecular formula is C51H33N5. The molecule has 0 amide bonds. The first-order valence-corrected chi connectivity index (χ1v) is 18.9. The first-order chi connectivity index (χ1) is 27.8. The molecule has 3 aromatic heterocycles. The number of rotatable bonds is 6. The van der Waals surface area contributed by atoms with Crippen LogP contribution < -0.4 is 0 Å². The van der Waals surface area contributed by atoms with E-state index in [-0.39, 0.29) is 0 Å². The standard InChI is InChI=1S/C51H33N5/c1-4-16-34(17-5-1)37-22-14-24-39(30-37)50-52-49(36-20-8-3-9-21-36)53-51(54-50)56-46-29-13-11-27-42(46)44-32-43-41-26-10-12-28-45(41)55(47(43)33-48(44)56)40-25-15-23-38(31-40)35-18-6-2-7-19-35/h1-33H. The quantitative estimate of drug-likeness (QED) is 0.172. The summed E-state index contributed by atoms with van der Waals surface area (Å²) < 4.78 is 4.60. The van der Waals surface area contributed by atoms with Crippen molar-refractivity contribution in [2.45, 2.75) is 0 Å². The predicted octanol–water partition coefficient (Wildman–Crippen LogP) is 12.7. The van der Waals surface area contributed by atoms with Crippen LogP contribution in [0.4, 0.5) is 0 Å². The highest BCUT2D eigenvalue weighted by molar-refractivity contribution is 6.19. The summed E-state index contributed by atoms with van der Waals surface area (Å²) in [6.45, 7) is 0. The fraction of sp³-hybridized carbons (Fsp3) is 0. The third-order valence-electron chi connectivity index (χ3n) is 10.8. The summed E-state index contributed by atoms with van der Waals surface area (Å²) in [5.41, 5.74) is 11.9. The lowest BCUT2D eigenvalue weighted by molar-refractivity contribution is 0.953. The van der Waals surface area contributed by atoms with E-state index in [1.54, 1.807) is 0 Å². The summed E-state index contributed by atoms with van der Waals surface area (Å²) in [5, 5.41) is 4.68. The first kappa shape index (κ1) is 31.9. The van der Waals surface area contributed by atoms with E-state index in [9.17, 15) is 0 Å². The molecule has 0 radical (unpaired) electrons. The van der Waals surface area contributed by atoms with Gasteiger partial charge in [0.25, 0.3) is 0 Å². The summed E-state index contributed by atoms with van der Waals surface area (Å²) in [6, 6.07) is 70.4.